The van der Waals surface area contributed by atoms with E-state index in [1.54, 1.807) is 12.1 Å². The van der Waals surface area contributed by atoms with Crippen molar-refractivity contribution in [3.8, 4) is 11.1 Å². The van der Waals surface area contributed by atoms with Crippen molar-refractivity contribution in [2.45, 2.75) is 19.3 Å². The van der Waals surface area contributed by atoms with Gasteiger partial charge in [-0.05, 0) is 42.0 Å². The first-order valence-electron chi connectivity index (χ1n) is 6.15. The SMILES string of the molecule is O=Cc1ccc(-c2ccc3c(c2)CCC3)c(Cl)c1. The zero-order chi connectivity index (χ0) is 12.5. The predicted octanol–water partition coefficient (Wildman–Crippen LogP) is 4.31. The molecule has 0 saturated carbocycles. The number of benzene rings is 2. The van der Waals surface area contributed by atoms with Gasteiger partial charge in [-0.3, -0.25) is 4.79 Å². The molecular weight excluding hydrogens is 244 g/mol. The van der Waals surface area contributed by atoms with Crippen molar-refractivity contribution >= 4 is 17.9 Å². The Kier molecular flexibility index (Phi) is 2.92. The molecule has 0 N–H and O–H groups in total. The highest BCUT2D eigenvalue weighted by Gasteiger charge is 2.12. The number of carbonyl (C=O) groups excluding carboxylic acids is 1. The molecule has 0 radical (unpaired) electrons. The third kappa shape index (κ3) is 1.95. The van der Waals surface area contributed by atoms with E-state index in [-0.39, 0.29) is 0 Å². The highest BCUT2D eigenvalue weighted by molar-refractivity contribution is 6.33. The summed E-state index contributed by atoms with van der Waals surface area (Å²) in [5.41, 5.74) is 5.64. The minimum Gasteiger partial charge on any atom is -0.298 e. The maximum Gasteiger partial charge on any atom is 0.150 e. The Morgan fingerprint density at radius 1 is 1.00 bits per heavy atom. The number of hydrogen-bond donors (Lipinski definition) is 0. The summed E-state index contributed by atoms with van der Waals surface area (Å²) in [4.78, 5) is 10.7. The van der Waals surface area contributed by atoms with Crippen LogP contribution in [-0.4, -0.2) is 6.29 Å². The molecule has 2 heteroatoms. The van der Waals surface area contributed by atoms with Gasteiger partial charge < -0.3 is 0 Å². The first-order valence-corrected chi connectivity index (χ1v) is 6.52. The van der Waals surface area contributed by atoms with E-state index in [2.05, 4.69) is 18.2 Å². The van der Waals surface area contributed by atoms with E-state index in [0.717, 1.165) is 23.8 Å². The van der Waals surface area contributed by atoms with Crippen LogP contribution in [-0.2, 0) is 12.8 Å². The van der Waals surface area contributed by atoms with Crippen molar-refractivity contribution in [1.82, 2.24) is 0 Å². The summed E-state index contributed by atoms with van der Waals surface area (Å²) in [7, 11) is 0. The molecule has 2 aromatic rings. The lowest BCUT2D eigenvalue weighted by Crippen LogP contribution is -1.87. The zero-order valence-electron chi connectivity index (χ0n) is 9.95. The maximum atomic E-state index is 10.7. The zero-order valence-corrected chi connectivity index (χ0v) is 10.7. The number of rotatable bonds is 2. The van der Waals surface area contributed by atoms with E-state index in [4.69, 9.17) is 11.6 Å². The average molecular weight is 257 g/mol. The van der Waals surface area contributed by atoms with Crippen LogP contribution in [0.15, 0.2) is 36.4 Å². The van der Waals surface area contributed by atoms with Gasteiger partial charge in [0.25, 0.3) is 0 Å². The quantitative estimate of drug-likeness (QED) is 0.732. The van der Waals surface area contributed by atoms with Crippen molar-refractivity contribution in [2.24, 2.45) is 0 Å². The molecule has 0 amide bonds. The summed E-state index contributed by atoms with van der Waals surface area (Å²) in [5, 5.41) is 0.637. The van der Waals surface area contributed by atoms with Gasteiger partial charge in [0.1, 0.15) is 6.29 Å². The molecule has 0 fully saturated rings. The van der Waals surface area contributed by atoms with Gasteiger partial charge in [-0.15, -0.1) is 0 Å². The van der Waals surface area contributed by atoms with Crippen LogP contribution >= 0.6 is 11.6 Å². The Morgan fingerprint density at radius 3 is 2.61 bits per heavy atom. The van der Waals surface area contributed by atoms with Crippen LogP contribution in [0, 0.1) is 0 Å². The van der Waals surface area contributed by atoms with E-state index >= 15 is 0 Å². The lowest BCUT2D eigenvalue weighted by atomic mass is 10.00. The molecule has 0 saturated heterocycles. The predicted molar refractivity (Wildman–Crippen MR) is 74.3 cm³/mol. The van der Waals surface area contributed by atoms with E-state index in [1.165, 1.54) is 24.0 Å². The highest BCUT2D eigenvalue weighted by atomic mass is 35.5. The highest BCUT2D eigenvalue weighted by Crippen LogP contribution is 2.32. The molecule has 0 bridgehead atoms. The van der Waals surface area contributed by atoms with Gasteiger partial charge in [0.15, 0.2) is 0 Å². The molecule has 0 atom stereocenters. The van der Waals surface area contributed by atoms with Gasteiger partial charge in [-0.1, -0.05) is 41.9 Å². The van der Waals surface area contributed by atoms with Crippen molar-refractivity contribution in [3.63, 3.8) is 0 Å². The fraction of sp³-hybridized carbons (Fsp3) is 0.188. The van der Waals surface area contributed by atoms with Crippen molar-refractivity contribution in [3.05, 3.63) is 58.1 Å². The lowest BCUT2D eigenvalue weighted by Gasteiger charge is -2.07. The molecule has 18 heavy (non-hydrogen) atoms. The van der Waals surface area contributed by atoms with E-state index in [0.29, 0.717) is 10.6 Å². The third-order valence-electron chi connectivity index (χ3n) is 3.54. The van der Waals surface area contributed by atoms with Crippen molar-refractivity contribution in [2.75, 3.05) is 0 Å². The van der Waals surface area contributed by atoms with Gasteiger partial charge >= 0.3 is 0 Å². The van der Waals surface area contributed by atoms with E-state index in [1.807, 2.05) is 6.07 Å². The van der Waals surface area contributed by atoms with E-state index < -0.39 is 0 Å². The second kappa shape index (κ2) is 4.58. The van der Waals surface area contributed by atoms with Crippen LogP contribution in [0.5, 0.6) is 0 Å². The topological polar surface area (TPSA) is 17.1 Å². The van der Waals surface area contributed by atoms with Crippen LogP contribution in [0.25, 0.3) is 11.1 Å². The summed E-state index contributed by atoms with van der Waals surface area (Å²) < 4.78 is 0. The largest absolute Gasteiger partial charge is 0.298 e. The van der Waals surface area contributed by atoms with Gasteiger partial charge in [-0.25, -0.2) is 0 Å². The Balaban J connectivity index is 2.07. The number of aryl methyl sites for hydroxylation is 2. The first-order chi connectivity index (χ1) is 8.78. The minimum absolute atomic E-state index is 0.616. The van der Waals surface area contributed by atoms with Crippen LogP contribution in [0.3, 0.4) is 0 Å². The van der Waals surface area contributed by atoms with Gasteiger partial charge in [0.05, 0.1) is 0 Å². The number of aldehydes is 1. The van der Waals surface area contributed by atoms with Crippen molar-refractivity contribution < 1.29 is 4.79 Å². The van der Waals surface area contributed by atoms with Crippen LogP contribution < -0.4 is 0 Å². The Morgan fingerprint density at radius 2 is 1.83 bits per heavy atom. The molecule has 0 unspecified atom stereocenters. The molecular formula is C16H13ClO. The van der Waals surface area contributed by atoms with Gasteiger partial charge in [0, 0.05) is 16.1 Å². The summed E-state index contributed by atoms with van der Waals surface area (Å²) in [6.45, 7) is 0. The molecule has 0 spiro atoms. The van der Waals surface area contributed by atoms with Crippen molar-refractivity contribution in [1.29, 1.82) is 0 Å². The second-order valence-corrected chi connectivity index (χ2v) is 5.10. The smallest absolute Gasteiger partial charge is 0.150 e. The van der Waals surface area contributed by atoms with Gasteiger partial charge in [0.2, 0.25) is 0 Å². The average Bonchev–Trinajstić information content (AvgIpc) is 2.85. The second-order valence-electron chi connectivity index (χ2n) is 4.69. The monoisotopic (exact) mass is 256 g/mol. The Labute approximate surface area is 111 Å². The molecule has 1 aliphatic rings. The first kappa shape index (κ1) is 11.5. The fourth-order valence-corrected chi connectivity index (χ4v) is 2.88. The van der Waals surface area contributed by atoms with Gasteiger partial charge in [-0.2, -0.15) is 0 Å². The number of hydrogen-bond acceptors (Lipinski definition) is 1. The molecule has 1 aliphatic carbocycles. The molecule has 90 valence electrons. The summed E-state index contributed by atoms with van der Waals surface area (Å²) in [6, 6.07) is 12.0. The molecule has 1 nitrogen and oxygen atoms in total. The number of halogens is 1. The molecule has 2 aromatic carbocycles. The summed E-state index contributed by atoms with van der Waals surface area (Å²) in [5.74, 6) is 0. The lowest BCUT2D eigenvalue weighted by molar-refractivity contribution is 0.112. The molecule has 0 aromatic heterocycles. The standard InChI is InChI=1S/C16H13ClO/c17-16-8-11(10-18)4-7-15(16)14-6-5-12-2-1-3-13(12)9-14/h4-10H,1-3H2. The summed E-state index contributed by atoms with van der Waals surface area (Å²) in [6.07, 6.45) is 4.41. The maximum absolute atomic E-state index is 10.7. The molecule has 0 aliphatic heterocycles. The number of carbonyl (C=O) groups is 1. The summed E-state index contributed by atoms with van der Waals surface area (Å²) >= 11 is 6.23. The number of fused-ring (bicyclic) bond motifs is 1. The normalized spacial score (nSPS) is 13.4. The third-order valence-corrected chi connectivity index (χ3v) is 3.85. The Bertz CT molecular complexity index is 616. The van der Waals surface area contributed by atoms with E-state index in [9.17, 15) is 4.79 Å². The Hall–Kier alpha value is -1.60. The van der Waals surface area contributed by atoms with Crippen LogP contribution in [0.2, 0.25) is 5.02 Å². The van der Waals surface area contributed by atoms with Crippen LogP contribution in [0.4, 0.5) is 0 Å². The minimum atomic E-state index is 0.616. The van der Waals surface area contributed by atoms with Crippen LogP contribution in [0.1, 0.15) is 27.9 Å². The molecule has 0 heterocycles. The molecule has 3 rings (SSSR count). The fourth-order valence-electron chi connectivity index (χ4n) is 2.58.